The summed E-state index contributed by atoms with van der Waals surface area (Å²) in [6, 6.07) is 8.62. The Balaban J connectivity index is 1.93. The number of hydrogen-bond acceptors (Lipinski definition) is 7. The van der Waals surface area contributed by atoms with Gasteiger partial charge in [-0.15, -0.1) is 0 Å². The van der Waals surface area contributed by atoms with Gasteiger partial charge in [0.15, 0.2) is 5.76 Å². The number of hydrogen-bond donors (Lipinski definition) is 1. The molecule has 1 aliphatic heterocycles. The van der Waals surface area contributed by atoms with Gasteiger partial charge in [0.1, 0.15) is 28.4 Å². The predicted molar refractivity (Wildman–Crippen MR) is 122 cm³/mol. The number of furan rings is 1. The van der Waals surface area contributed by atoms with Crippen LogP contribution in [0.25, 0.3) is 22.3 Å². The van der Waals surface area contributed by atoms with Crippen molar-refractivity contribution in [1.29, 1.82) is 0 Å². The lowest BCUT2D eigenvalue weighted by atomic mass is 9.99. The van der Waals surface area contributed by atoms with Gasteiger partial charge in [0.05, 0.1) is 26.4 Å². The number of phenolic OH excluding ortho intramolecular Hbond substituents is 1. The van der Waals surface area contributed by atoms with E-state index in [-0.39, 0.29) is 12.4 Å². The predicted octanol–water partition coefficient (Wildman–Crippen LogP) is 4.99. The van der Waals surface area contributed by atoms with E-state index in [1.165, 1.54) is 6.42 Å². The second-order valence-electron chi connectivity index (χ2n) is 7.87. The van der Waals surface area contributed by atoms with Gasteiger partial charge in [-0.1, -0.05) is 6.42 Å². The molecular weight excluding hydrogens is 410 g/mol. The summed E-state index contributed by atoms with van der Waals surface area (Å²) < 4.78 is 22.5. The second-order valence-corrected chi connectivity index (χ2v) is 7.87. The fourth-order valence-electron chi connectivity index (χ4n) is 4.32. The van der Waals surface area contributed by atoms with Gasteiger partial charge in [0.25, 0.3) is 0 Å². The third kappa shape index (κ3) is 4.12. The monoisotopic (exact) mass is 439 g/mol. The molecule has 7 nitrogen and oxygen atoms in total. The van der Waals surface area contributed by atoms with E-state index in [1.807, 2.05) is 0 Å². The first-order valence-electron chi connectivity index (χ1n) is 11.0. The van der Waals surface area contributed by atoms with Gasteiger partial charge in [-0.25, -0.2) is 4.79 Å². The summed E-state index contributed by atoms with van der Waals surface area (Å²) in [6.45, 7) is 4.45. The van der Waals surface area contributed by atoms with E-state index in [1.54, 1.807) is 51.5 Å². The number of fused-ring (bicyclic) bond motifs is 1. The van der Waals surface area contributed by atoms with E-state index >= 15 is 0 Å². The van der Waals surface area contributed by atoms with Crippen molar-refractivity contribution in [1.82, 2.24) is 4.90 Å². The number of carbonyl (C=O) groups is 1. The van der Waals surface area contributed by atoms with Crippen LogP contribution in [0.3, 0.4) is 0 Å². The molecule has 4 rings (SSSR count). The lowest BCUT2D eigenvalue weighted by Crippen LogP contribution is -2.29. The number of phenols is 1. The zero-order valence-corrected chi connectivity index (χ0v) is 18.8. The number of nitrogens with zero attached hydrogens (tertiary/aromatic N) is 1. The number of benzene rings is 2. The maximum Gasteiger partial charge on any atom is 0.342 e. The summed E-state index contributed by atoms with van der Waals surface area (Å²) in [5.74, 6) is 1.13. The van der Waals surface area contributed by atoms with Crippen LogP contribution >= 0.6 is 0 Å². The van der Waals surface area contributed by atoms with E-state index in [0.29, 0.717) is 51.5 Å². The molecule has 0 unspecified atom stereocenters. The van der Waals surface area contributed by atoms with Gasteiger partial charge in [-0.2, -0.15) is 0 Å². The average molecular weight is 440 g/mol. The van der Waals surface area contributed by atoms with Crippen LogP contribution in [0, 0.1) is 0 Å². The van der Waals surface area contributed by atoms with Crippen molar-refractivity contribution in [3.63, 3.8) is 0 Å². The van der Waals surface area contributed by atoms with Gasteiger partial charge in [-0.3, -0.25) is 4.90 Å². The van der Waals surface area contributed by atoms with E-state index in [4.69, 9.17) is 18.6 Å². The van der Waals surface area contributed by atoms with Gasteiger partial charge >= 0.3 is 5.97 Å². The minimum atomic E-state index is -0.496. The Bertz CT molecular complexity index is 1110. The summed E-state index contributed by atoms with van der Waals surface area (Å²) in [7, 11) is 3.13. The highest BCUT2D eigenvalue weighted by Crippen LogP contribution is 2.43. The molecule has 1 aliphatic rings. The van der Waals surface area contributed by atoms with E-state index in [9.17, 15) is 9.90 Å². The zero-order chi connectivity index (χ0) is 22.7. The van der Waals surface area contributed by atoms with Gasteiger partial charge in [-0.05, 0) is 57.1 Å². The number of likely N-dealkylation sites (tertiary alicyclic amines) is 1. The summed E-state index contributed by atoms with van der Waals surface area (Å²) >= 11 is 0. The summed E-state index contributed by atoms with van der Waals surface area (Å²) in [4.78, 5) is 15.4. The van der Waals surface area contributed by atoms with E-state index < -0.39 is 5.97 Å². The molecule has 0 amide bonds. The fourth-order valence-corrected chi connectivity index (χ4v) is 4.32. The van der Waals surface area contributed by atoms with E-state index in [2.05, 4.69) is 4.90 Å². The largest absolute Gasteiger partial charge is 0.508 e. The molecule has 0 aliphatic carbocycles. The highest BCUT2D eigenvalue weighted by atomic mass is 16.5. The standard InChI is InChI=1S/C25H29NO6/c1-4-31-25(28)23-22-18(15-26-12-6-5-7-13-26)19(27)10-11-20(22)32-24(23)17-9-8-16(29-2)14-21(17)30-3/h8-11,14,27H,4-7,12-13,15H2,1-3H3. The first-order chi connectivity index (χ1) is 15.6. The Morgan fingerprint density at radius 2 is 1.88 bits per heavy atom. The van der Waals surface area contributed by atoms with Crippen LogP contribution in [0.4, 0.5) is 0 Å². The van der Waals surface area contributed by atoms with Gasteiger partial charge in [0, 0.05) is 23.6 Å². The van der Waals surface area contributed by atoms with Crippen LogP contribution in [0.2, 0.25) is 0 Å². The number of aromatic hydroxyl groups is 1. The number of piperidine rings is 1. The quantitative estimate of drug-likeness (QED) is 0.520. The van der Waals surface area contributed by atoms with Crippen LogP contribution in [-0.4, -0.2) is 49.9 Å². The topological polar surface area (TPSA) is 81.4 Å². The normalized spacial score (nSPS) is 14.5. The molecule has 7 heteroatoms. The zero-order valence-electron chi connectivity index (χ0n) is 18.8. The Kier molecular flexibility index (Phi) is 6.55. The van der Waals surface area contributed by atoms with Crippen LogP contribution in [0.15, 0.2) is 34.7 Å². The average Bonchev–Trinajstić information content (AvgIpc) is 3.21. The smallest absolute Gasteiger partial charge is 0.342 e. The van der Waals surface area contributed by atoms with Crippen molar-refractivity contribution < 1.29 is 28.5 Å². The molecular formula is C25H29NO6. The summed E-state index contributed by atoms with van der Waals surface area (Å²) in [5.41, 5.74) is 2.10. The molecule has 170 valence electrons. The Morgan fingerprint density at radius 3 is 2.56 bits per heavy atom. The molecule has 1 N–H and O–H groups in total. The lowest BCUT2D eigenvalue weighted by molar-refractivity contribution is 0.0528. The highest BCUT2D eigenvalue weighted by Gasteiger charge is 2.29. The second kappa shape index (κ2) is 9.53. The van der Waals surface area contributed by atoms with Crippen molar-refractivity contribution in [2.45, 2.75) is 32.7 Å². The van der Waals surface area contributed by atoms with Crippen LogP contribution in [-0.2, 0) is 11.3 Å². The molecule has 0 atom stereocenters. The molecule has 2 heterocycles. The van der Waals surface area contributed by atoms with Crippen LogP contribution in [0.5, 0.6) is 17.2 Å². The SMILES string of the molecule is CCOC(=O)c1c(-c2ccc(OC)cc2OC)oc2ccc(O)c(CN3CCCCC3)c12. The first kappa shape index (κ1) is 22.0. The van der Waals surface area contributed by atoms with Crippen LogP contribution < -0.4 is 9.47 Å². The maximum atomic E-state index is 13.1. The highest BCUT2D eigenvalue weighted by molar-refractivity contribution is 6.11. The third-order valence-electron chi connectivity index (χ3n) is 5.90. The molecule has 0 bridgehead atoms. The first-order valence-corrected chi connectivity index (χ1v) is 11.0. The molecule has 1 fully saturated rings. The Hall–Kier alpha value is -3.19. The molecule has 3 aromatic rings. The minimum absolute atomic E-state index is 0.141. The van der Waals surface area contributed by atoms with Crippen molar-refractivity contribution >= 4 is 16.9 Å². The lowest BCUT2D eigenvalue weighted by Gasteiger charge is -2.27. The number of methoxy groups -OCH3 is 2. The van der Waals surface area contributed by atoms with Gasteiger partial charge in [0.2, 0.25) is 0 Å². The molecule has 0 saturated carbocycles. The molecule has 0 radical (unpaired) electrons. The number of esters is 1. The molecule has 1 saturated heterocycles. The van der Waals surface area contributed by atoms with Gasteiger partial charge < -0.3 is 23.7 Å². The van der Waals surface area contributed by atoms with E-state index in [0.717, 1.165) is 25.9 Å². The fraction of sp³-hybridized carbons (Fsp3) is 0.400. The van der Waals surface area contributed by atoms with Crippen molar-refractivity contribution in [2.24, 2.45) is 0 Å². The van der Waals surface area contributed by atoms with Crippen LogP contribution in [0.1, 0.15) is 42.1 Å². The van der Waals surface area contributed by atoms with Crippen molar-refractivity contribution in [2.75, 3.05) is 33.9 Å². The maximum absolute atomic E-state index is 13.1. The summed E-state index contributed by atoms with van der Waals surface area (Å²) in [5, 5.41) is 11.3. The molecule has 2 aromatic carbocycles. The molecule has 1 aromatic heterocycles. The number of carbonyl (C=O) groups excluding carboxylic acids is 1. The van der Waals surface area contributed by atoms with Crippen molar-refractivity contribution in [3.8, 4) is 28.6 Å². The minimum Gasteiger partial charge on any atom is -0.508 e. The number of ether oxygens (including phenoxy) is 3. The third-order valence-corrected chi connectivity index (χ3v) is 5.90. The Morgan fingerprint density at radius 1 is 1.09 bits per heavy atom. The van der Waals surface area contributed by atoms with Crippen molar-refractivity contribution in [3.05, 3.63) is 41.5 Å². The Labute approximate surface area is 187 Å². The molecule has 0 spiro atoms. The summed E-state index contributed by atoms with van der Waals surface area (Å²) in [6.07, 6.45) is 3.47. The number of rotatable bonds is 7. The molecule has 32 heavy (non-hydrogen) atoms.